The number of pyridine rings is 2. The third-order valence-electron chi connectivity index (χ3n) is 10.4. The molecule has 5 heterocycles. The van der Waals surface area contributed by atoms with Gasteiger partial charge in [0.15, 0.2) is 0 Å². The number of hydrogen-bond donors (Lipinski definition) is 3. The normalized spacial score (nSPS) is 15.8. The van der Waals surface area contributed by atoms with Crippen molar-refractivity contribution < 1.29 is 4.39 Å². The summed E-state index contributed by atoms with van der Waals surface area (Å²) in [5.74, 6) is 0.525. The van der Waals surface area contributed by atoms with Gasteiger partial charge >= 0.3 is 0 Å². The van der Waals surface area contributed by atoms with Gasteiger partial charge in [0.05, 0.1) is 35.0 Å². The zero-order valence-electron chi connectivity index (χ0n) is 28.1. The number of anilines is 1. The van der Waals surface area contributed by atoms with Gasteiger partial charge in [0.25, 0.3) is 0 Å². The van der Waals surface area contributed by atoms with Crippen LogP contribution in [-0.4, -0.2) is 49.7 Å². The van der Waals surface area contributed by atoms with Crippen molar-refractivity contribution >= 4 is 27.5 Å². The Morgan fingerprint density at radius 3 is 2.65 bits per heavy atom. The number of halogens is 1. The maximum atomic E-state index is 15.0. The van der Waals surface area contributed by atoms with Crippen LogP contribution in [-0.2, 0) is 6.42 Å². The molecule has 2 aliphatic rings. The molecule has 250 valence electrons. The monoisotopic (exact) mass is 653 g/mol. The highest BCUT2D eigenvalue weighted by molar-refractivity contribution is 6.01. The molecule has 0 spiro atoms. The van der Waals surface area contributed by atoms with E-state index in [0.29, 0.717) is 0 Å². The van der Waals surface area contributed by atoms with Crippen molar-refractivity contribution in [2.45, 2.75) is 64.2 Å². The molecule has 2 aromatic carbocycles. The summed E-state index contributed by atoms with van der Waals surface area (Å²) in [6.45, 7) is 7.77. The molecule has 6 aromatic rings. The fourth-order valence-electron chi connectivity index (χ4n) is 7.92. The highest BCUT2D eigenvalue weighted by atomic mass is 19.1. The molecular formula is C41H44FN7. The molecule has 1 aliphatic carbocycles. The van der Waals surface area contributed by atoms with Crippen molar-refractivity contribution in [1.29, 1.82) is 0 Å². The number of H-pyrrole nitrogens is 2. The molecule has 0 amide bonds. The fraction of sp³-hybridized carbons (Fsp3) is 0.341. The second kappa shape index (κ2) is 14.0. The summed E-state index contributed by atoms with van der Waals surface area (Å²) < 4.78 is 15.0. The van der Waals surface area contributed by atoms with Crippen LogP contribution in [0.5, 0.6) is 0 Å². The topological polar surface area (TPSA) is 85.5 Å². The summed E-state index contributed by atoms with van der Waals surface area (Å²) in [5.41, 5.74) is 10.2. The number of allylic oxidation sites excluding steroid dienone is 1. The lowest BCUT2D eigenvalue weighted by Gasteiger charge is -2.22. The van der Waals surface area contributed by atoms with E-state index in [-0.39, 0.29) is 5.82 Å². The number of nitrogens with zero attached hydrogens (tertiary/aromatic N) is 4. The van der Waals surface area contributed by atoms with Gasteiger partial charge in [0.1, 0.15) is 11.5 Å². The molecule has 8 heteroatoms. The largest absolute Gasteiger partial charge is 0.358 e. The van der Waals surface area contributed by atoms with Gasteiger partial charge in [-0.2, -0.15) is 5.10 Å². The summed E-state index contributed by atoms with van der Waals surface area (Å²) in [4.78, 5) is 15.4. The number of hydrogen-bond acceptors (Lipinski definition) is 5. The van der Waals surface area contributed by atoms with E-state index in [1.165, 1.54) is 58.0 Å². The first-order valence-corrected chi connectivity index (χ1v) is 17.9. The van der Waals surface area contributed by atoms with Crippen molar-refractivity contribution in [1.82, 2.24) is 30.0 Å². The van der Waals surface area contributed by atoms with Gasteiger partial charge in [0, 0.05) is 33.7 Å². The first kappa shape index (κ1) is 31.4. The number of aromatic amines is 2. The lowest BCUT2D eigenvalue weighted by molar-refractivity contribution is 0.334. The lowest BCUT2D eigenvalue weighted by Crippen LogP contribution is -2.20. The van der Waals surface area contributed by atoms with E-state index in [1.807, 2.05) is 24.7 Å². The molecule has 3 N–H and O–H groups in total. The van der Waals surface area contributed by atoms with Gasteiger partial charge in [-0.3, -0.25) is 15.1 Å². The Labute approximate surface area is 287 Å². The number of aryl methyl sites for hydroxylation is 1. The van der Waals surface area contributed by atoms with E-state index in [2.05, 4.69) is 68.3 Å². The summed E-state index contributed by atoms with van der Waals surface area (Å²) >= 11 is 0. The molecule has 4 aromatic heterocycles. The van der Waals surface area contributed by atoms with Crippen LogP contribution in [0.4, 0.5) is 10.1 Å². The maximum Gasteiger partial charge on any atom is 0.124 e. The van der Waals surface area contributed by atoms with Crippen molar-refractivity contribution in [3.63, 3.8) is 0 Å². The van der Waals surface area contributed by atoms with Crippen molar-refractivity contribution in [3.05, 3.63) is 96.8 Å². The second-order valence-corrected chi connectivity index (χ2v) is 14.0. The van der Waals surface area contributed by atoms with Crippen LogP contribution in [0, 0.1) is 11.7 Å². The van der Waals surface area contributed by atoms with Crippen LogP contribution in [0.25, 0.3) is 55.6 Å². The molecule has 7 nitrogen and oxygen atoms in total. The van der Waals surface area contributed by atoms with E-state index >= 15 is 0 Å². The van der Waals surface area contributed by atoms with Crippen LogP contribution in [0.1, 0.15) is 63.4 Å². The summed E-state index contributed by atoms with van der Waals surface area (Å²) in [7, 11) is 0. The molecule has 49 heavy (non-hydrogen) atoms. The summed E-state index contributed by atoms with van der Waals surface area (Å²) in [5, 5.41) is 13.4. The number of rotatable bonds is 11. The minimum atomic E-state index is -0.193. The smallest absolute Gasteiger partial charge is 0.124 e. The number of likely N-dealkylation sites (tertiary alicyclic amines) is 1. The zero-order chi connectivity index (χ0) is 33.2. The van der Waals surface area contributed by atoms with Gasteiger partial charge in [-0.25, -0.2) is 4.39 Å². The highest BCUT2D eigenvalue weighted by Gasteiger charge is 2.18. The first-order valence-electron chi connectivity index (χ1n) is 17.9. The number of nitrogens with one attached hydrogen (secondary N) is 3. The van der Waals surface area contributed by atoms with Gasteiger partial charge in [-0.1, -0.05) is 56.9 Å². The second-order valence-electron chi connectivity index (χ2n) is 14.0. The zero-order valence-corrected chi connectivity index (χ0v) is 28.1. The van der Waals surface area contributed by atoms with Crippen LogP contribution >= 0.6 is 0 Å². The quantitative estimate of drug-likeness (QED) is 0.130. The van der Waals surface area contributed by atoms with Crippen LogP contribution in [0.2, 0.25) is 0 Å². The first-order chi connectivity index (χ1) is 24.1. The fourth-order valence-corrected chi connectivity index (χ4v) is 7.92. The Morgan fingerprint density at radius 2 is 1.78 bits per heavy atom. The van der Waals surface area contributed by atoms with E-state index in [1.54, 1.807) is 12.1 Å². The minimum absolute atomic E-state index is 0.193. The number of fused-ring (bicyclic) bond motifs is 2. The summed E-state index contributed by atoms with van der Waals surface area (Å²) in [6, 6.07) is 17.9. The van der Waals surface area contributed by atoms with Crippen LogP contribution < -0.4 is 5.32 Å². The lowest BCUT2D eigenvalue weighted by atomic mass is 9.86. The molecule has 1 saturated carbocycles. The summed E-state index contributed by atoms with van der Waals surface area (Å²) in [6.07, 6.45) is 17.6. The third-order valence-corrected chi connectivity index (χ3v) is 10.4. The number of aromatic nitrogens is 5. The van der Waals surface area contributed by atoms with E-state index in [4.69, 9.17) is 10.1 Å². The molecular weight excluding hydrogens is 609 g/mol. The maximum absolute atomic E-state index is 15.0. The van der Waals surface area contributed by atoms with Gasteiger partial charge in [0.2, 0.25) is 0 Å². The Hall–Kier alpha value is -4.82. The molecule has 1 saturated heterocycles. The molecule has 2 fully saturated rings. The predicted octanol–water partition coefficient (Wildman–Crippen LogP) is 9.90. The third kappa shape index (κ3) is 7.01. The van der Waals surface area contributed by atoms with E-state index in [9.17, 15) is 4.39 Å². The average molecular weight is 654 g/mol. The molecule has 0 radical (unpaired) electrons. The Kier molecular flexibility index (Phi) is 8.96. The Bertz CT molecular complexity index is 2100. The Balaban J connectivity index is 1.05. The molecule has 0 unspecified atom stereocenters. The van der Waals surface area contributed by atoms with Crippen LogP contribution in [0.3, 0.4) is 0 Å². The molecule has 1 aliphatic heterocycles. The van der Waals surface area contributed by atoms with Crippen molar-refractivity contribution in [2.75, 3.05) is 25.0 Å². The SMILES string of the molecule is C=C(CC1CCCCC1)Nc1cncc(-c2cc3c(-c4cc5c(-c6cc(F)cc(CCCN7CCCC7)c6)cccc5[nH]4)n[nH]c3cn2)c1. The van der Waals surface area contributed by atoms with Gasteiger partial charge in [-0.05, 0) is 111 Å². The van der Waals surface area contributed by atoms with Crippen molar-refractivity contribution in [2.24, 2.45) is 5.92 Å². The standard InChI is InChI=1S/C41H44FN7/c1-27(17-28-9-3-2-4-10-28)45-33-21-31(24-43-25-33)38-23-36-40(26-44-38)47-48-41(36)39-22-35-34(12-7-13-37(35)46-39)30-18-29(19-32(42)20-30)11-8-16-49-14-5-6-15-49/h7,12-13,18-26,28,45-46H,1-6,8-11,14-17H2,(H,47,48). The molecule has 0 bridgehead atoms. The molecule has 0 atom stereocenters. The average Bonchev–Trinajstić information content (AvgIpc) is 3.88. The van der Waals surface area contributed by atoms with Crippen molar-refractivity contribution in [3.8, 4) is 33.8 Å². The predicted molar refractivity (Wildman–Crippen MR) is 198 cm³/mol. The minimum Gasteiger partial charge on any atom is -0.358 e. The number of benzene rings is 2. The van der Waals surface area contributed by atoms with Gasteiger partial charge in [-0.15, -0.1) is 0 Å². The molecule has 8 rings (SSSR count). The van der Waals surface area contributed by atoms with Crippen LogP contribution in [0.15, 0.2) is 85.5 Å². The van der Waals surface area contributed by atoms with Gasteiger partial charge < -0.3 is 15.2 Å². The van der Waals surface area contributed by atoms with E-state index in [0.717, 1.165) is 104 Å². The highest BCUT2D eigenvalue weighted by Crippen LogP contribution is 2.36. The Morgan fingerprint density at radius 1 is 0.898 bits per heavy atom. The van der Waals surface area contributed by atoms with E-state index < -0.39 is 0 Å².